The molecule has 2 aromatic rings. The lowest BCUT2D eigenvalue weighted by Gasteiger charge is -1.98. The van der Waals surface area contributed by atoms with Crippen LogP contribution in [0.1, 0.15) is 11.4 Å². The monoisotopic (exact) mass is 219 g/mol. The van der Waals surface area contributed by atoms with Crippen molar-refractivity contribution in [1.82, 2.24) is 9.97 Å². The smallest absolute Gasteiger partial charge is 0.397 e. The molecule has 0 aliphatic heterocycles. The van der Waals surface area contributed by atoms with Gasteiger partial charge in [-0.3, -0.25) is 10.1 Å². The highest BCUT2D eigenvalue weighted by atomic mass is 16.6. The third-order valence-electron chi connectivity index (χ3n) is 1.97. The molecule has 0 aromatic carbocycles. The lowest BCUT2D eigenvalue weighted by Crippen LogP contribution is -1.93. The molecule has 2 heterocycles. The molecular formula is C10H9N3O3. The Kier molecular flexibility index (Phi) is 2.40. The van der Waals surface area contributed by atoms with Crippen molar-refractivity contribution in [3.63, 3.8) is 0 Å². The molecule has 0 saturated carbocycles. The van der Waals surface area contributed by atoms with Crippen LogP contribution in [0.4, 0.5) is 5.88 Å². The fourth-order valence-electron chi connectivity index (χ4n) is 1.38. The first-order valence-electron chi connectivity index (χ1n) is 4.63. The van der Waals surface area contributed by atoms with Crippen LogP contribution < -0.4 is 0 Å². The largest absolute Gasteiger partial charge is 0.433 e. The van der Waals surface area contributed by atoms with Crippen molar-refractivity contribution in [3.8, 4) is 11.6 Å². The van der Waals surface area contributed by atoms with Gasteiger partial charge in [-0.05, 0) is 26.0 Å². The second-order valence-electron chi connectivity index (χ2n) is 3.37. The summed E-state index contributed by atoms with van der Waals surface area (Å²) in [7, 11) is 0. The highest BCUT2D eigenvalue weighted by molar-refractivity contribution is 5.49. The molecule has 0 spiro atoms. The van der Waals surface area contributed by atoms with Gasteiger partial charge in [0, 0.05) is 11.4 Å². The number of rotatable bonds is 2. The second-order valence-corrected chi connectivity index (χ2v) is 3.37. The highest BCUT2D eigenvalue weighted by Crippen LogP contribution is 2.23. The van der Waals surface area contributed by atoms with Crippen LogP contribution in [-0.4, -0.2) is 14.9 Å². The number of aryl methyl sites for hydroxylation is 2. The van der Waals surface area contributed by atoms with Crippen molar-refractivity contribution in [3.05, 3.63) is 39.7 Å². The lowest BCUT2D eigenvalue weighted by molar-refractivity contribution is -0.401. The standard InChI is InChI=1S/C10H9N3O3/c1-6-5-7(2)12-10(11-6)8-3-4-9(16-8)13(14)15/h3-5H,1-2H3. The quantitative estimate of drug-likeness (QED) is 0.571. The minimum absolute atomic E-state index is 0.304. The summed E-state index contributed by atoms with van der Waals surface area (Å²) >= 11 is 0. The summed E-state index contributed by atoms with van der Waals surface area (Å²) in [5.41, 5.74) is 1.59. The first-order valence-corrected chi connectivity index (χ1v) is 4.63. The molecule has 0 aliphatic rings. The van der Waals surface area contributed by atoms with Gasteiger partial charge in [-0.2, -0.15) is 0 Å². The zero-order chi connectivity index (χ0) is 11.7. The second kappa shape index (κ2) is 3.73. The van der Waals surface area contributed by atoms with Gasteiger partial charge in [0.05, 0.1) is 6.07 Å². The van der Waals surface area contributed by atoms with Crippen LogP contribution in [0.25, 0.3) is 11.6 Å². The number of aromatic nitrogens is 2. The molecule has 2 rings (SSSR count). The maximum absolute atomic E-state index is 10.5. The van der Waals surface area contributed by atoms with E-state index in [0.29, 0.717) is 11.6 Å². The summed E-state index contributed by atoms with van der Waals surface area (Å²) in [6.07, 6.45) is 0. The van der Waals surface area contributed by atoms with Gasteiger partial charge in [0.2, 0.25) is 0 Å². The molecule has 0 amide bonds. The van der Waals surface area contributed by atoms with Gasteiger partial charge in [0.15, 0.2) is 11.6 Å². The van der Waals surface area contributed by atoms with Gasteiger partial charge in [-0.1, -0.05) is 0 Å². The summed E-state index contributed by atoms with van der Waals surface area (Å²) in [5, 5.41) is 10.5. The molecule has 0 atom stereocenters. The van der Waals surface area contributed by atoms with Gasteiger partial charge in [0.25, 0.3) is 0 Å². The van der Waals surface area contributed by atoms with Crippen LogP contribution in [0.5, 0.6) is 0 Å². The van der Waals surface area contributed by atoms with Gasteiger partial charge in [-0.15, -0.1) is 0 Å². The van der Waals surface area contributed by atoms with Crippen LogP contribution in [0.3, 0.4) is 0 Å². The molecule has 0 fully saturated rings. The molecule has 6 heteroatoms. The van der Waals surface area contributed by atoms with Crippen molar-refractivity contribution in [2.24, 2.45) is 0 Å². The van der Waals surface area contributed by atoms with Crippen molar-refractivity contribution < 1.29 is 9.34 Å². The van der Waals surface area contributed by atoms with Crippen molar-refractivity contribution in [2.45, 2.75) is 13.8 Å². The molecular weight excluding hydrogens is 210 g/mol. The van der Waals surface area contributed by atoms with Crippen LogP contribution in [0.15, 0.2) is 22.6 Å². The van der Waals surface area contributed by atoms with E-state index in [4.69, 9.17) is 4.42 Å². The van der Waals surface area contributed by atoms with Crippen molar-refractivity contribution >= 4 is 5.88 Å². The zero-order valence-corrected chi connectivity index (χ0v) is 8.80. The topological polar surface area (TPSA) is 82.1 Å². The molecule has 0 radical (unpaired) electrons. The van der Waals surface area contributed by atoms with E-state index < -0.39 is 4.92 Å². The summed E-state index contributed by atoms with van der Waals surface area (Å²) in [5.74, 6) is 0.363. The SMILES string of the molecule is Cc1cc(C)nc(-c2ccc([N+](=O)[O-])o2)n1. The van der Waals surface area contributed by atoms with Crippen LogP contribution in [0, 0.1) is 24.0 Å². The van der Waals surface area contributed by atoms with Crippen LogP contribution >= 0.6 is 0 Å². The van der Waals surface area contributed by atoms with E-state index >= 15 is 0 Å². The van der Waals surface area contributed by atoms with E-state index in [1.165, 1.54) is 12.1 Å². The minimum Gasteiger partial charge on any atom is -0.397 e. The Hall–Kier alpha value is -2.24. The Labute approximate surface area is 91.1 Å². The van der Waals surface area contributed by atoms with E-state index in [9.17, 15) is 10.1 Å². The van der Waals surface area contributed by atoms with Gasteiger partial charge >= 0.3 is 5.88 Å². The Morgan fingerprint density at radius 2 is 1.88 bits per heavy atom. The maximum atomic E-state index is 10.5. The lowest BCUT2D eigenvalue weighted by atomic mass is 10.3. The number of nitrogens with zero attached hydrogens (tertiary/aromatic N) is 3. The Bertz CT molecular complexity index is 528. The van der Waals surface area contributed by atoms with Gasteiger partial charge in [0.1, 0.15) is 4.92 Å². The fraction of sp³-hybridized carbons (Fsp3) is 0.200. The first-order chi connectivity index (χ1) is 7.56. The zero-order valence-electron chi connectivity index (χ0n) is 8.80. The average molecular weight is 219 g/mol. The third kappa shape index (κ3) is 1.90. The van der Waals surface area contributed by atoms with E-state index in [0.717, 1.165) is 11.4 Å². The molecule has 2 aromatic heterocycles. The molecule has 0 N–H and O–H groups in total. The van der Waals surface area contributed by atoms with Crippen LogP contribution in [-0.2, 0) is 0 Å². The summed E-state index contributed by atoms with van der Waals surface area (Å²) in [6, 6.07) is 4.60. The minimum atomic E-state index is -0.591. The predicted molar refractivity (Wildman–Crippen MR) is 55.9 cm³/mol. The molecule has 0 bridgehead atoms. The van der Waals surface area contributed by atoms with Gasteiger partial charge < -0.3 is 4.42 Å². The normalized spacial score (nSPS) is 10.4. The maximum Gasteiger partial charge on any atom is 0.433 e. The third-order valence-corrected chi connectivity index (χ3v) is 1.97. The van der Waals surface area contributed by atoms with E-state index in [2.05, 4.69) is 9.97 Å². The first kappa shape index (κ1) is 10.3. The number of nitro groups is 1. The molecule has 0 aliphatic carbocycles. The van der Waals surface area contributed by atoms with Crippen molar-refractivity contribution in [2.75, 3.05) is 0 Å². The number of hydrogen-bond donors (Lipinski definition) is 0. The molecule has 82 valence electrons. The summed E-state index contributed by atoms with van der Waals surface area (Å²) < 4.78 is 5.02. The van der Waals surface area contributed by atoms with Gasteiger partial charge in [-0.25, -0.2) is 9.97 Å². The van der Waals surface area contributed by atoms with E-state index in [-0.39, 0.29) is 5.88 Å². The van der Waals surface area contributed by atoms with Crippen LogP contribution in [0.2, 0.25) is 0 Å². The Morgan fingerprint density at radius 3 is 2.38 bits per heavy atom. The molecule has 16 heavy (non-hydrogen) atoms. The average Bonchev–Trinajstić information content (AvgIpc) is 2.64. The fourth-order valence-corrected chi connectivity index (χ4v) is 1.38. The highest BCUT2D eigenvalue weighted by Gasteiger charge is 2.15. The number of hydrogen-bond acceptors (Lipinski definition) is 5. The van der Waals surface area contributed by atoms with E-state index in [1.807, 2.05) is 19.9 Å². The van der Waals surface area contributed by atoms with Crippen molar-refractivity contribution in [1.29, 1.82) is 0 Å². The number of furan rings is 1. The predicted octanol–water partition coefficient (Wildman–Crippen LogP) is 2.26. The molecule has 0 saturated heterocycles. The molecule has 0 unspecified atom stereocenters. The summed E-state index contributed by atoms with van der Waals surface area (Å²) in [6.45, 7) is 3.66. The summed E-state index contributed by atoms with van der Waals surface area (Å²) in [4.78, 5) is 18.2. The Morgan fingerprint density at radius 1 is 1.25 bits per heavy atom. The Balaban J connectivity index is 2.46. The van der Waals surface area contributed by atoms with E-state index in [1.54, 1.807) is 0 Å². The molecule has 6 nitrogen and oxygen atoms in total.